The number of carboxylic acids is 1. The van der Waals surface area contributed by atoms with Crippen LogP contribution in [-0.2, 0) is 16.8 Å². The monoisotopic (exact) mass is 332 g/mol. The second kappa shape index (κ2) is 5.30. The second-order valence-corrected chi connectivity index (χ2v) is 6.07. The summed E-state index contributed by atoms with van der Waals surface area (Å²) in [5.41, 5.74) is 5.11. The van der Waals surface area contributed by atoms with Crippen molar-refractivity contribution in [2.24, 2.45) is 0 Å². The summed E-state index contributed by atoms with van der Waals surface area (Å²) in [7, 11) is 0. The molecule has 0 aliphatic heterocycles. The number of hydrogen-bond donors (Lipinski definition) is 2. The molecule has 3 N–H and O–H groups in total. The predicted molar refractivity (Wildman–Crippen MR) is 82.5 cm³/mol. The van der Waals surface area contributed by atoms with Crippen molar-refractivity contribution in [2.45, 2.75) is 31.7 Å². The van der Waals surface area contributed by atoms with Crippen molar-refractivity contribution in [3.05, 3.63) is 40.7 Å². The topological polar surface area (TPSA) is 85.5 Å². The Morgan fingerprint density at radius 3 is 2.67 bits per heavy atom. The Kier molecular flexibility index (Phi) is 3.52. The van der Waals surface area contributed by atoms with Crippen molar-refractivity contribution < 1.29 is 18.7 Å². The molecule has 2 aromatic rings. The van der Waals surface area contributed by atoms with Crippen LogP contribution < -0.4 is 5.73 Å². The van der Waals surface area contributed by atoms with Gasteiger partial charge in [0.15, 0.2) is 11.6 Å². The van der Waals surface area contributed by atoms with E-state index in [0.29, 0.717) is 0 Å². The van der Waals surface area contributed by atoms with E-state index in [1.165, 1.54) is 16.8 Å². The van der Waals surface area contributed by atoms with Crippen molar-refractivity contribution in [3.8, 4) is 11.3 Å². The van der Waals surface area contributed by atoms with Gasteiger partial charge in [0.25, 0.3) is 5.69 Å². The summed E-state index contributed by atoms with van der Waals surface area (Å²) in [6, 6.07) is 2.41. The zero-order valence-corrected chi connectivity index (χ0v) is 12.8. The van der Waals surface area contributed by atoms with E-state index in [9.17, 15) is 13.6 Å². The van der Waals surface area contributed by atoms with E-state index in [-0.39, 0.29) is 33.9 Å². The van der Waals surface area contributed by atoms with Crippen molar-refractivity contribution in [1.29, 1.82) is 0 Å². The lowest BCUT2D eigenvalue weighted by atomic mass is 10.0. The van der Waals surface area contributed by atoms with E-state index in [2.05, 4.69) is 9.94 Å². The fraction of sp³-hybridized carbons (Fsp3) is 0.312. The Morgan fingerprint density at radius 1 is 1.46 bits per heavy atom. The van der Waals surface area contributed by atoms with Crippen molar-refractivity contribution in [3.63, 3.8) is 0 Å². The molecule has 0 saturated heterocycles. The predicted octanol–water partition coefficient (Wildman–Crippen LogP) is 3.10. The smallest absolute Gasteiger partial charge is 0.307 e. The molecule has 1 aromatic carbocycles. The van der Waals surface area contributed by atoms with Crippen LogP contribution in [0, 0.1) is 18.2 Å². The lowest BCUT2D eigenvalue weighted by Gasteiger charge is -2.11. The molecule has 0 radical (unpaired) electrons. The van der Waals surface area contributed by atoms with Crippen LogP contribution in [0.1, 0.15) is 25.3 Å². The summed E-state index contributed by atoms with van der Waals surface area (Å²) in [6.45, 7) is 9.19. The van der Waals surface area contributed by atoms with Gasteiger partial charge in [0.05, 0.1) is 18.5 Å². The molecule has 3 rings (SSSR count). The number of halogens is 2. The van der Waals surface area contributed by atoms with Crippen LogP contribution >= 0.6 is 0 Å². The van der Waals surface area contributed by atoms with Gasteiger partial charge in [0.2, 0.25) is 0 Å². The molecule has 0 bridgehead atoms. The van der Waals surface area contributed by atoms with Gasteiger partial charge in [-0.25, -0.2) is 13.6 Å². The molecule has 24 heavy (non-hydrogen) atoms. The minimum absolute atomic E-state index is 0.0334. The highest BCUT2D eigenvalue weighted by Gasteiger charge is 2.43. The molecule has 0 spiro atoms. The summed E-state index contributed by atoms with van der Waals surface area (Å²) in [5, 5.41) is 13.0. The molecule has 0 atom stereocenters. The number of carbonyl (C=O) groups is 1. The Balaban J connectivity index is 2.15. The largest absolute Gasteiger partial charge is 0.481 e. The average molecular weight is 332 g/mol. The molecule has 8 heteroatoms. The average Bonchev–Trinajstić information content (AvgIpc) is 3.17. The van der Waals surface area contributed by atoms with Gasteiger partial charge in [-0.1, -0.05) is 12.1 Å². The summed E-state index contributed by atoms with van der Waals surface area (Å²) >= 11 is 0. The number of nitrogens with two attached hydrogens (primary N) is 1. The molecule has 1 fully saturated rings. The number of nitrogen functional groups attached to an aromatic ring is 1. The Hall–Kier alpha value is -2.95. The minimum Gasteiger partial charge on any atom is -0.481 e. The summed E-state index contributed by atoms with van der Waals surface area (Å²) < 4.78 is 30.0. The van der Waals surface area contributed by atoms with Crippen LogP contribution in [0.5, 0.6) is 0 Å². The number of anilines is 1. The van der Waals surface area contributed by atoms with E-state index in [1.807, 2.05) is 6.92 Å². The fourth-order valence-electron chi connectivity index (χ4n) is 2.59. The molecular formula is C16H14F2N4O2. The number of carboxylic acid groups (broad SMARTS) is 1. The molecule has 1 aromatic heterocycles. The van der Waals surface area contributed by atoms with Gasteiger partial charge in [-0.3, -0.25) is 9.48 Å². The number of hydrogen-bond acceptors (Lipinski definition) is 3. The van der Waals surface area contributed by atoms with Crippen LogP contribution in [0.15, 0.2) is 12.1 Å². The normalized spacial score (nSPS) is 15.1. The van der Waals surface area contributed by atoms with Crippen LogP contribution in [0.4, 0.5) is 20.3 Å². The van der Waals surface area contributed by atoms with Crippen molar-refractivity contribution >= 4 is 17.5 Å². The maximum absolute atomic E-state index is 14.4. The van der Waals surface area contributed by atoms with Gasteiger partial charge >= 0.3 is 5.97 Å². The third-order valence-electron chi connectivity index (χ3n) is 4.25. The van der Waals surface area contributed by atoms with Gasteiger partial charge in [-0.05, 0) is 19.8 Å². The highest BCUT2D eigenvalue weighted by Crippen LogP contribution is 2.48. The SMILES string of the molecule is [C-]#[N+]c1c(-c2ccc(CC(=O)O)c(F)c2F)nn(C2(C)CC2)c1N. The zero-order valence-electron chi connectivity index (χ0n) is 12.8. The van der Waals surface area contributed by atoms with Crippen LogP contribution in [0.2, 0.25) is 0 Å². The van der Waals surface area contributed by atoms with E-state index in [0.717, 1.165) is 12.8 Å². The number of aliphatic carboxylic acids is 1. The van der Waals surface area contributed by atoms with E-state index in [4.69, 9.17) is 17.4 Å². The first-order chi connectivity index (χ1) is 11.3. The molecule has 0 amide bonds. The van der Waals surface area contributed by atoms with Crippen LogP contribution in [-0.4, -0.2) is 20.9 Å². The van der Waals surface area contributed by atoms with E-state index in [1.54, 1.807) is 0 Å². The molecule has 124 valence electrons. The number of nitrogens with zero attached hydrogens (tertiary/aromatic N) is 3. The van der Waals surface area contributed by atoms with Gasteiger partial charge in [0, 0.05) is 11.1 Å². The number of aromatic nitrogens is 2. The van der Waals surface area contributed by atoms with Crippen LogP contribution in [0.3, 0.4) is 0 Å². The number of benzene rings is 1. The van der Waals surface area contributed by atoms with Crippen molar-refractivity contribution in [1.82, 2.24) is 9.78 Å². The molecule has 1 aliphatic rings. The first kappa shape index (κ1) is 15.9. The molecule has 0 unspecified atom stereocenters. The lowest BCUT2D eigenvalue weighted by Crippen LogP contribution is -2.16. The Labute approximate surface area is 136 Å². The number of rotatable bonds is 4. The fourth-order valence-corrected chi connectivity index (χ4v) is 2.59. The maximum atomic E-state index is 14.4. The third kappa shape index (κ3) is 2.38. The molecular weight excluding hydrogens is 318 g/mol. The van der Waals surface area contributed by atoms with Gasteiger partial charge in [-0.15, -0.1) is 0 Å². The molecule has 6 nitrogen and oxygen atoms in total. The minimum atomic E-state index is -1.27. The summed E-state index contributed by atoms with van der Waals surface area (Å²) in [6.07, 6.45) is 1.04. The van der Waals surface area contributed by atoms with Crippen molar-refractivity contribution in [2.75, 3.05) is 5.73 Å². The maximum Gasteiger partial charge on any atom is 0.307 e. The zero-order chi connectivity index (χ0) is 17.6. The molecule has 1 saturated carbocycles. The van der Waals surface area contributed by atoms with Crippen LogP contribution in [0.25, 0.3) is 16.1 Å². The third-order valence-corrected chi connectivity index (χ3v) is 4.25. The highest BCUT2D eigenvalue weighted by atomic mass is 19.2. The summed E-state index contributed by atoms with van der Waals surface area (Å²) in [5.74, 6) is -3.63. The first-order valence-corrected chi connectivity index (χ1v) is 7.24. The lowest BCUT2D eigenvalue weighted by molar-refractivity contribution is -0.136. The standard InChI is InChI=1S/C16H14F2N4O2/c1-16(5-6-16)22-15(19)14(20-2)13(21-22)9-4-3-8(7-10(23)24)11(17)12(9)18/h3-4H,5-7,19H2,1H3,(H,23,24). The van der Waals surface area contributed by atoms with Gasteiger partial charge in [-0.2, -0.15) is 5.10 Å². The van der Waals surface area contributed by atoms with Gasteiger partial charge < -0.3 is 10.8 Å². The second-order valence-electron chi connectivity index (χ2n) is 6.07. The first-order valence-electron chi connectivity index (χ1n) is 7.24. The molecule has 1 aliphatic carbocycles. The summed E-state index contributed by atoms with van der Waals surface area (Å²) in [4.78, 5) is 14.0. The van der Waals surface area contributed by atoms with Gasteiger partial charge in [0.1, 0.15) is 11.5 Å². The highest BCUT2D eigenvalue weighted by molar-refractivity contribution is 5.84. The Morgan fingerprint density at radius 2 is 2.12 bits per heavy atom. The Bertz CT molecular complexity index is 894. The quantitative estimate of drug-likeness (QED) is 0.843. The van der Waals surface area contributed by atoms with E-state index < -0.39 is 24.0 Å². The van der Waals surface area contributed by atoms with E-state index >= 15 is 0 Å². The molecule has 1 heterocycles.